The van der Waals surface area contributed by atoms with Crippen LogP contribution in [0.3, 0.4) is 0 Å². The normalized spacial score (nSPS) is 11.5. The van der Waals surface area contributed by atoms with Gasteiger partial charge in [0.2, 0.25) is 5.82 Å². The lowest BCUT2D eigenvalue weighted by molar-refractivity contribution is -0.384. The molecule has 0 spiro atoms. The Morgan fingerprint density at radius 2 is 1.58 bits per heavy atom. The second kappa shape index (κ2) is 9.28. The van der Waals surface area contributed by atoms with Crippen molar-refractivity contribution in [1.29, 1.82) is 0 Å². The third-order valence-corrected chi connectivity index (χ3v) is 4.82. The zero-order valence-corrected chi connectivity index (χ0v) is 19.4. The minimum atomic E-state index is -0.682. The van der Waals surface area contributed by atoms with Gasteiger partial charge in [0, 0.05) is 17.3 Å². The number of pyridine rings is 1. The summed E-state index contributed by atoms with van der Waals surface area (Å²) in [5.41, 5.74) is 1.57. The molecule has 1 aromatic heterocycles. The van der Waals surface area contributed by atoms with E-state index in [9.17, 15) is 14.9 Å². The van der Waals surface area contributed by atoms with E-state index in [4.69, 9.17) is 4.74 Å². The molecule has 0 saturated carbocycles. The van der Waals surface area contributed by atoms with Gasteiger partial charge < -0.3 is 15.4 Å². The van der Waals surface area contributed by atoms with Gasteiger partial charge in [-0.15, -0.1) is 0 Å². The summed E-state index contributed by atoms with van der Waals surface area (Å²) in [5.74, 6) is 0.153. The van der Waals surface area contributed by atoms with Gasteiger partial charge in [-0.2, -0.15) is 0 Å². The second-order valence-corrected chi connectivity index (χ2v) is 9.14. The number of carbonyl (C=O) groups excluding carboxylic acids is 1. The first-order valence-corrected chi connectivity index (χ1v) is 10.5. The van der Waals surface area contributed by atoms with E-state index in [-0.39, 0.29) is 11.5 Å². The third-order valence-electron chi connectivity index (χ3n) is 4.82. The molecule has 0 radical (unpaired) electrons. The van der Waals surface area contributed by atoms with Crippen molar-refractivity contribution in [3.63, 3.8) is 0 Å². The molecule has 0 fully saturated rings. The van der Waals surface area contributed by atoms with Crippen molar-refractivity contribution in [3.05, 3.63) is 82.4 Å². The summed E-state index contributed by atoms with van der Waals surface area (Å²) in [6.45, 7) is 9.16. The molecule has 0 unspecified atom stereocenters. The van der Waals surface area contributed by atoms with Gasteiger partial charge in [-0.05, 0) is 58.4 Å². The lowest BCUT2D eigenvalue weighted by Crippen LogP contribution is -2.43. The van der Waals surface area contributed by atoms with E-state index in [2.05, 4.69) is 15.6 Å². The van der Waals surface area contributed by atoms with Crippen LogP contribution >= 0.6 is 0 Å². The first-order valence-electron chi connectivity index (χ1n) is 10.5. The van der Waals surface area contributed by atoms with Crippen molar-refractivity contribution in [2.24, 2.45) is 0 Å². The quantitative estimate of drug-likeness (QED) is 0.345. The van der Waals surface area contributed by atoms with Gasteiger partial charge in [-0.1, -0.05) is 42.5 Å². The Kier molecular flexibility index (Phi) is 6.67. The number of amides is 1. The average Bonchev–Trinajstić information content (AvgIpc) is 2.72. The van der Waals surface area contributed by atoms with Gasteiger partial charge in [0.25, 0.3) is 0 Å². The largest absolute Gasteiger partial charge is 0.444 e. The van der Waals surface area contributed by atoms with Crippen LogP contribution in [0, 0.1) is 10.1 Å². The van der Waals surface area contributed by atoms with Crippen molar-refractivity contribution in [2.75, 3.05) is 5.32 Å². The molecule has 0 aliphatic rings. The number of aromatic nitrogens is 1. The lowest BCUT2D eigenvalue weighted by Gasteiger charge is -2.29. The second-order valence-electron chi connectivity index (χ2n) is 9.14. The zero-order valence-electron chi connectivity index (χ0n) is 19.4. The predicted molar refractivity (Wildman–Crippen MR) is 128 cm³/mol. The molecular formula is C25H28N4O4. The van der Waals surface area contributed by atoms with Gasteiger partial charge >= 0.3 is 11.8 Å². The number of anilines is 2. The van der Waals surface area contributed by atoms with Crippen LogP contribution in [-0.2, 0) is 10.3 Å². The SMILES string of the molecule is CC(C)(C)OC(=O)NC(C)(C)c1ccc(Nc2nc(-c3ccccc3)ccc2[N+](=O)[O-])cc1. The van der Waals surface area contributed by atoms with Crippen LogP contribution < -0.4 is 10.6 Å². The number of nitro groups is 1. The number of hydrogen-bond acceptors (Lipinski definition) is 6. The molecule has 8 heteroatoms. The molecule has 1 heterocycles. The number of nitrogens with zero attached hydrogens (tertiary/aromatic N) is 2. The Balaban J connectivity index is 1.82. The van der Waals surface area contributed by atoms with Crippen molar-refractivity contribution in [2.45, 2.75) is 45.8 Å². The molecule has 0 aliphatic carbocycles. The van der Waals surface area contributed by atoms with Gasteiger partial charge in [0.05, 0.1) is 16.2 Å². The average molecular weight is 449 g/mol. The zero-order chi connectivity index (χ0) is 24.2. The summed E-state index contributed by atoms with van der Waals surface area (Å²) in [4.78, 5) is 27.7. The van der Waals surface area contributed by atoms with Gasteiger partial charge in [0.15, 0.2) is 0 Å². The fourth-order valence-corrected chi connectivity index (χ4v) is 3.20. The minimum absolute atomic E-state index is 0.120. The molecule has 172 valence electrons. The lowest BCUT2D eigenvalue weighted by atomic mass is 9.94. The summed E-state index contributed by atoms with van der Waals surface area (Å²) >= 11 is 0. The van der Waals surface area contributed by atoms with Crippen LogP contribution in [0.1, 0.15) is 40.2 Å². The van der Waals surface area contributed by atoms with E-state index in [1.807, 2.05) is 56.3 Å². The first-order chi connectivity index (χ1) is 15.4. The van der Waals surface area contributed by atoms with Crippen LogP contribution in [0.5, 0.6) is 0 Å². The van der Waals surface area contributed by atoms with E-state index >= 15 is 0 Å². The van der Waals surface area contributed by atoms with Crippen LogP contribution in [0.4, 0.5) is 22.0 Å². The van der Waals surface area contributed by atoms with Crippen LogP contribution in [0.15, 0.2) is 66.7 Å². The molecule has 2 aromatic carbocycles. The molecule has 3 aromatic rings. The Bertz CT molecular complexity index is 1140. The third kappa shape index (κ3) is 6.29. The van der Waals surface area contributed by atoms with Crippen LogP contribution in [-0.4, -0.2) is 21.6 Å². The van der Waals surface area contributed by atoms with Gasteiger partial charge in [-0.25, -0.2) is 9.78 Å². The van der Waals surface area contributed by atoms with Crippen molar-refractivity contribution in [3.8, 4) is 11.3 Å². The van der Waals surface area contributed by atoms with E-state index < -0.39 is 22.2 Å². The number of ether oxygens (including phenoxy) is 1. The van der Waals surface area contributed by atoms with E-state index in [1.54, 1.807) is 39.0 Å². The highest BCUT2D eigenvalue weighted by atomic mass is 16.6. The van der Waals surface area contributed by atoms with Gasteiger partial charge in [-0.3, -0.25) is 10.1 Å². The maximum Gasteiger partial charge on any atom is 0.408 e. The van der Waals surface area contributed by atoms with Crippen LogP contribution in [0.25, 0.3) is 11.3 Å². The number of benzene rings is 2. The molecular weight excluding hydrogens is 420 g/mol. The number of rotatable bonds is 6. The fraction of sp³-hybridized carbons (Fsp3) is 0.280. The monoisotopic (exact) mass is 448 g/mol. The Hall–Kier alpha value is -3.94. The highest BCUT2D eigenvalue weighted by molar-refractivity contribution is 5.71. The minimum Gasteiger partial charge on any atom is -0.444 e. The first kappa shape index (κ1) is 23.7. The molecule has 8 nitrogen and oxygen atoms in total. The summed E-state index contributed by atoms with van der Waals surface area (Å²) in [7, 11) is 0. The maximum atomic E-state index is 12.2. The van der Waals surface area contributed by atoms with Crippen molar-refractivity contribution >= 4 is 23.3 Å². The number of nitrogens with one attached hydrogen (secondary N) is 2. The predicted octanol–water partition coefficient (Wildman–Crippen LogP) is 6.16. The van der Waals surface area contributed by atoms with E-state index in [0.717, 1.165) is 11.1 Å². The summed E-state index contributed by atoms with van der Waals surface area (Å²) in [5, 5.41) is 17.4. The van der Waals surface area contributed by atoms with E-state index in [1.165, 1.54) is 6.07 Å². The standard InChI is InChI=1S/C25H28N4O4/c1-24(2,3)33-23(30)28-25(4,5)18-11-13-19(14-12-18)26-22-21(29(31)32)16-15-20(27-22)17-9-7-6-8-10-17/h6-16H,1-5H3,(H,26,27)(H,28,30). The van der Waals surface area contributed by atoms with E-state index in [0.29, 0.717) is 11.4 Å². The molecule has 1 amide bonds. The Labute approximate surface area is 193 Å². The van der Waals surface area contributed by atoms with Crippen molar-refractivity contribution < 1.29 is 14.5 Å². The fourth-order valence-electron chi connectivity index (χ4n) is 3.20. The molecule has 0 aliphatic heterocycles. The molecule has 33 heavy (non-hydrogen) atoms. The van der Waals surface area contributed by atoms with Crippen molar-refractivity contribution in [1.82, 2.24) is 10.3 Å². The van der Waals surface area contributed by atoms with Gasteiger partial charge in [0.1, 0.15) is 5.60 Å². The molecule has 3 rings (SSSR count). The summed E-state index contributed by atoms with van der Waals surface area (Å²) < 4.78 is 5.35. The summed E-state index contributed by atoms with van der Waals surface area (Å²) in [6.07, 6.45) is -0.507. The highest BCUT2D eigenvalue weighted by Crippen LogP contribution is 2.30. The maximum absolute atomic E-state index is 12.2. The number of carbonyl (C=O) groups is 1. The molecule has 0 bridgehead atoms. The van der Waals surface area contributed by atoms with Crippen LogP contribution in [0.2, 0.25) is 0 Å². The summed E-state index contributed by atoms with van der Waals surface area (Å²) in [6, 6.07) is 19.8. The molecule has 0 atom stereocenters. The smallest absolute Gasteiger partial charge is 0.408 e. The Morgan fingerprint density at radius 1 is 0.939 bits per heavy atom. The topological polar surface area (TPSA) is 106 Å². The molecule has 0 saturated heterocycles. The molecule has 2 N–H and O–H groups in total. The highest BCUT2D eigenvalue weighted by Gasteiger charge is 2.26. The Morgan fingerprint density at radius 3 is 2.15 bits per heavy atom. The number of alkyl carbamates (subject to hydrolysis) is 1. The number of hydrogen-bond donors (Lipinski definition) is 2.